The van der Waals surface area contributed by atoms with Crippen molar-refractivity contribution in [2.24, 2.45) is 0 Å². The standard InChI is InChI=1S/C36H72N2O3/c1-5-7-9-11-13-15-17-19-21-23-25-29-35(39)38(32-28-27-31-37(3)4)33-34-41-36(40)30-26-24-22-20-18-16-14-12-10-8-6-2/h5-34H2,1-4H3. The number of unbranched alkanes of at least 4 members (excludes halogenated alkanes) is 21. The molecule has 0 unspecified atom stereocenters. The van der Waals surface area contributed by atoms with E-state index in [4.69, 9.17) is 4.74 Å². The Labute approximate surface area is 256 Å². The summed E-state index contributed by atoms with van der Waals surface area (Å²) in [6.45, 7) is 7.19. The largest absolute Gasteiger partial charge is 0.464 e. The maximum absolute atomic E-state index is 13.0. The maximum atomic E-state index is 13.0. The predicted molar refractivity (Wildman–Crippen MR) is 177 cm³/mol. The summed E-state index contributed by atoms with van der Waals surface area (Å²) in [5.41, 5.74) is 0. The first kappa shape index (κ1) is 39.9. The van der Waals surface area contributed by atoms with Crippen LogP contribution in [0, 0.1) is 0 Å². The number of nitrogens with zero attached hydrogens (tertiary/aromatic N) is 2. The lowest BCUT2D eigenvalue weighted by Crippen LogP contribution is -2.35. The van der Waals surface area contributed by atoms with Crippen molar-refractivity contribution in [3.63, 3.8) is 0 Å². The van der Waals surface area contributed by atoms with Crippen LogP contribution in [0.25, 0.3) is 0 Å². The van der Waals surface area contributed by atoms with E-state index in [0.29, 0.717) is 26.0 Å². The van der Waals surface area contributed by atoms with Crippen molar-refractivity contribution in [2.75, 3.05) is 40.3 Å². The summed E-state index contributed by atoms with van der Waals surface area (Å²) < 4.78 is 5.53. The first-order valence-corrected chi connectivity index (χ1v) is 18.1. The number of rotatable bonds is 32. The van der Waals surface area contributed by atoms with E-state index >= 15 is 0 Å². The van der Waals surface area contributed by atoms with E-state index in [0.717, 1.165) is 51.6 Å². The normalized spacial score (nSPS) is 11.3. The van der Waals surface area contributed by atoms with Crippen LogP contribution in [-0.2, 0) is 14.3 Å². The van der Waals surface area contributed by atoms with Gasteiger partial charge in [-0.2, -0.15) is 0 Å². The zero-order valence-corrected chi connectivity index (χ0v) is 28.3. The lowest BCUT2D eigenvalue weighted by Gasteiger charge is -2.23. The fourth-order valence-corrected chi connectivity index (χ4v) is 5.47. The Hall–Kier alpha value is -1.10. The smallest absolute Gasteiger partial charge is 0.305 e. The molecule has 0 aromatic carbocycles. The molecular formula is C36H72N2O3. The van der Waals surface area contributed by atoms with E-state index in [1.807, 2.05) is 4.90 Å². The summed E-state index contributed by atoms with van der Waals surface area (Å²) in [7, 11) is 4.18. The zero-order valence-electron chi connectivity index (χ0n) is 28.3. The van der Waals surface area contributed by atoms with Crippen LogP contribution in [0.5, 0.6) is 0 Å². The van der Waals surface area contributed by atoms with Crippen molar-refractivity contribution < 1.29 is 14.3 Å². The van der Waals surface area contributed by atoms with Gasteiger partial charge in [0, 0.05) is 19.4 Å². The van der Waals surface area contributed by atoms with Crippen LogP contribution in [0.3, 0.4) is 0 Å². The van der Waals surface area contributed by atoms with Crippen LogP contribution in [-0.4, -0.2) is 62.0 Å². The molecule has 0 saturated carbocycles. The Morgan fingerprint density at radius 3 is 1.29 bits per heavy atom. The van der Waals surface area contributed by atoms with Crippen molar-refractivity contribution in [1.29, 1.82) is 0 Å². The number of carbonyl (C=O) groups excluding carboxylic acids is 2. The molecule has 0 bridgehead atoms. The molecule has 0 fully saturated rings. The molecule has 0 rings (SSSR count). The van der Waals surface area contributed by atoms with Crippen LogP contribution in [0.2, 0.25) is 0 Å². The fourth-order valence-electron chi connectivity index (χ4n) is 5.47. The molecule has 0 aliphatic heterocycles. The molecule has 0 spiro atoms. The average Bonchev–Trinajstić information content (AvgIpc) is 2.95. The molecule has 0 aliphatic rings. The highest BCUT2D eigenvalue weighted by molar-refractivity contribution is 5.76. The van der Waals surface area contributed by atoms with Crippen LogP contribution in [0.15, 0.2) is 0 Å². The number of hydrogen-bond donors (Lipinski definition) is 0. The number of amides is 1. The second kappa shape index (κ2) is 31.8. The summed E-state index contributed by atoms with van der Waals surface area (Å²) in [6.07, 6.45) is 31.5. The SMILES string of the molecule is CCCCCCCCCCCCCC(=O)OCCN(CCCCN(C)C)C(=O)CCCCCCCCCCCCC. The Kier molecular flexibility index (Phi) is 31.0. The van der Waals surface area contributed by atoms with Gasteiger partial charge >= 0.3 is 5.97 Å². The highest BCUT2D eigenvalue weighted by atomic mass is 16.5. The Bertz CT molecular complexity index is 567. The van der Waals surface area contributed by atoms with E-state index in [2.05, 4.69) is 32.8 Å². The molecule has 0 aromatic heterocycles. The minimum Gasteiger partial charge on any atom is -0.464 e. The van der Waals surface area contributed by atoms with Gasteiger partial charge in [-0.3, -0.25) is 9.59 Å². The zero-order chi connectivity index (χ0) is 30.2. The lowest BCUT2D eigenvalue weighted by atomic mass is 10.1. The third-order valence-corrected chi connectivity index (χ3v) is 8.24. The molecule has 244 valence electrons. The van der Waals surface area contributed by atoms with Crippen molar-refractivity contribution >= 4 is 11.9 Å². The van der Waals surface area contributed by atoms with Gasteiger partial charge in [-0.1, -0.05) is 142 Å². The third kappa shape index (κ3) is 30.2. The number of esters is 1. The van der Waals surface area contributed by atoms with Crippen molar-refractivity contribution in [3.8, 4) is 0 Å². The molecule has 0 N–H and O–H groups in total. The minimum atomic E-state index is -0.105. The number of ether oxygens (including phenoxy) is 1. The first-order valence-electron chi connectivity index (χ1n) is 18.1. The quantitative estimate of drug-likeness (QED) is 0.0587. The summed E-state index contributed by atoms with van der Waals surface area (Å²) in [5, 5.41) is 0. The second-order valence-electron chi connectivity index (χ2n) is 12.7. The monoisotopic (exact) mass is 581 g/mol. The van der Waals surface area contributed by atoms with E-state index in [-0.39, 0.29) is 11.9 Å². The Morgan fingerprint density at radius 1 is 0.463 bits per heavy atom. The Balaban J connectivity index is 4.01. The molecule has 1 amide bonds. The van der Waals surface area contributed by atoms with E-state index in [9.17, 15) is 9.59 Å². The molecular weight excluding hydrogens is 508 g/mol. The summed E-state index contributed by atoms with van der Waals surface area (Å²) >= 11 is 0. The molecule has 5 heteroatoms. The summed E-state index contributed by atoms with van der Waals surface area (Å²) in [4.78, 5) is 29.3. The van der Waals surface area contributed by atoms with Crippen molar-refractivity contribution in [2.45, 2.75) is 181 Å². The average molecular weight is 581 g/mol. The van der Waals surface area contributed by atoms with Crippen LogP contribution < -0.4 is 0 Å². The van der Waals surface area contributed by atoms with Crippen molar-refractivity contribution in [1.82, 2.24) is 9.80 Å². The molecule has 0 aliphatic carbocycles. The topological polar surface area (TPSA) is 49.9 Å². The van der Waals surface area contributed by atoms with Crippen molar-refractivity contribution in [3.05, 3.63) is 0 Å². The number of hydrogen-bond acceptors (Lipinski definition) is 4. The van der Waals surface area contributed by atoms with Gasteiger partial charge < -0.3 is 14.5 Å². The van der Waals surface area contributed by atoms with Gasteiger partial charge in [-0.25, -0.2) is 0 Å². The van der Waals surface area contributed by atoms with Gasteiger partial charge in [-0.15, -0.1) is 0 Å². The van der Waals surface area contributed by atoms with Gasteiger partial charge in [0.15, 0.2) is 0 Å². The summed E-state index contributed by atoms with van der Waals surface area (Å²) in [5.74, 6) is 0.124. The van der Waals surface area contributed by atoms with E-state index < -0.39 is 0 Å². The molecule has 0 atom stereocenters. The predicted octanol–water partition coefficient (Wildman–Crippen LogP) is 10.1. The van der Waals surface area contributed by atoms with Gasteiger partial charge in [0.2, 0.25) is 5.91 Å². The number of carbonyl (C=O) groups is 2. The van der Waals surface area contributed by atoms with E-state index in [1.54, 1.807) is 0 Å². The van der Waals surface area contributed by atoms with Gasteiger partial charge in [0.05, 0.1) is 6.54 Å². The molecule has 0 radical (unpaired) electrons. The first-order chi connectivity index (χ1) is 20.0. The molecule has 5 nitrogen and oxygen atoms in total. The highest BCUT2D eigenvalue weighted by Crippen LogP contribution is 2.14. The minimum absolute atomic E-state index is 0.105. The summed E-state index contributed by atoms with van der Waals surface area (Å²) in [6, 6.07) is 0. The van der Waals surface area contributed by atoms with Crippen LogP contribution in [0.4, 0.5) is 0 Å². The molecule has 41 heavy (non-hydrogen) atoms. The van der Waals surface area contributed by atoms with E-state index in [1.165, 1.54) is 116 Å². The molecule has 0 saturated heterocycles. The van der Waals surface area contributed by atoms with Gasteiger partial charge in [-0.05, 0) is 46.3 Å². The fraction of sp³-hybridized carbons (Fsp3) is 0.944. The highest BCUT2D eigenvalue weighted by Gasteiger charge is 2.14. The Morgan fingerprint density at radius 2 is 0.854 bits per heavy atom. The van der Waals surface area contributed by atoms with Crippen LogP contribution in [0.1, 0.15) is 181 Å². The van der Waals surface area contributed by atoms with Gasteiger partial charge in [0.25, 0.3) is 0 Å². The third-order valence-electron chi connectivity index (χ3n) is 8.24. The lowest BCUT2D eigenvalue weighted by molar-refractivity contribution is -0.146. The molecule has 0 heterocycles. The van der Waals surface area contributed by atoms with Gasteiger partial charge in [0.1, 0.15) is 6.61 Å². The second-order valence-corrected chi connectivity index (χ2v) is 12.7. The molecule has 0 aromatic rings. The maximum Gasteiger partial charge on any atom is 0.305 e. The van der Waals surface area contributed by atoms with Crippen LogP contribution >= 0.6 is 0 Å².